The standard InChI is InChI=1S/C22H28N2O5.ClH/c1-14-15(2)21(26)29-19-12-17(4-5-18(14)19)28-16(3)20(25)24-10-11-27-22(13-24)6-8-23-9-7-22;/h4-5,12,16,23H,6-11,13H2,1-3H3;1H. The van der Waals surface area contributed by atoms with E-state index in [-0.39, 0.29) is 29.5 Å². The number of carbonyl (C=O) groups excluding carboxylic acids is 1. The van der Waals surface area contributed by atoms with Gasteiger partial charge in [-0.2, -0.15) is 0 Å². The monoisotopic (exact) mass is 436 g/mol. The second-order valence-corrected chi connectivity index (χ2v) is 8.10. The highest BCUT2D eigenvalue weighted by Gasteiger charge is 2.40. The quantitative estimate of drug-likeness (QED) is 0.745. The van der Waals surface area contributed by atoms with Gasteiger partial charge in [0, 0.05) is 30.1 Å². The smallest absolute Gasteiger partial charge is 0.339 e. The zero-order valence-electron chi connectivity index (χ0n) is 17.7. The first-order valence-electron chi connectivity index (χ1n) is 10.2. The van der Waals surface area contributed by atoms with Gasteiger partial charge < -0.3 is 24.1 Å². The van der Waals surface area contributed by atoms with E-state index in [4.69, 9.17) is 13.9 Å². The summed E-state index contributed by atoms with van der Waals surface area (Å²) in [7, 11) is 0. The molecule has 1 amide bonds. The first kappa shape index (κ1) is 22.6. The number of hydrogen-bond acceptors (Lipinski definition) is 6. The maximum atomic E-state index is 13.0. The summed E-state index contributed by atoms with van der Waals surface area (Å²) in [6, 6.07) is 5.36. The molecule has 8 heteroatoms. The first-order chi connectivity index (χ1) is 13.9. The Morgan fingerprint density at radius 3 is 2.70 bits per heavy atom. The molecule has 7 nitrogen and oxygen atoms in total. The fourth-order valence-electron chi connectivity index (χ4n) is 4.23. The lowest BCUT2D eigenvalue weighted by atomic mass is 9.90. The minimum Gasteiger partial charge on any atom is -0.481 e. The SMILES string of the molecule is Cc1c(C)c2ccc(OC(C)C(=O)N3CCOC4(CCNCC4)C3)cc2oc1=O.Cl. The van der Waals surface area contributed by atoms with Crippen LogP contribution in [-0.4, -0.2) is 55.3 Å². The maximum Gasteiger partial charge on any atom is 0.339 e. The maximum absolute atomic E-state index is 13.0. The van der Waals surface area contributed by atoms with Crippen LogP contribution < -0.4 is 15.7 Å². The van der Waals surface area contributed by atoms with E-state index in [2.05, 4.69) is 5.32 Å². The van der Waals surface area contributed by atoms with Crippen molar-refractivity contribution < 1.29 is 18.7 Å². The number of carbonyl (C=O) groups is 1. The Balaban J connectivity index is 0.00000256. The molecule has 3 heterocycles. The topological polar surface area (TPSA) is 81.0 Å². The number of benzene rings is 1. The molecule has 1 unspecified atom stereocenters. The zero-order valence-corrected chi connectivity index (χ0v) is 18.5. The lowest BCUT2D eigenvalue weighted by Crippen LogP contribution is -2.59. The average molecular weight is 437 g/mol. The van der Waals surface area contributed by atoms with Crippen molar-refractivity contribution in [1.82, 2.24) is 10.2 Å². The predicted molar refractivity (Wildman–Crippen MR) is 117 cm³/mol. The van der Waals surface area contributed by atoms with E-state index in [9.17, 15) is 9.59 Å². The van der Waals surface area contributed by atoms with E-state index in [1.54, 1.807) is 19.9 Å². The van der Waals surface area contributed by atoms with Crippen LogP contribution in [0.2, 0.25) is 0 Å². The Bertz CT molecular complexity index is 978. The Morgan fingerprint density at radius 2 is 1.97 bits per heavy atom. The fourth-order valence-corrected chi connectivity index (χ4v) is 4.23. The summed E-state index contributed by atoms with van der Waals surface area (Å²) < 4.78 is 17.4. The molecule has 2 aromatic rings. The van der Waals surface area contributed by atoms with Crippen LogP contribution in [0.15, 0.2) is 27.4 Å². The number of nitrogens with zero attached hydrogens (tertiary/aromatic N) is 1. The summed E-state index contributed by atoms with van der Waals surface area (Å²) in [5, 5.41) is 4.21. The van der Waals surface area contributed by atoms with Crippen molar-refractivity contribution in [1.29, 1.82) is 0 Å². The van der Waals surface area contributed by atoms with Gasteiger partial charge in [0.1, 0.15) is 11.3 Å². The number of morpholine rings is 1. The predicted octanol–water partition coefficient (Wildman–Crippen LogP) is 2.58. The number of piperidine rings is 1. The van der Waals surface area contributed by atoms with E-state index in [0.29, 0.717) is 36.6 Å². The van der Waals surface area contributed by atoms with Crippen molar-refractivity contribution in [2.75, 3.05) is 32.8 Å². The molecule has 1 N–H and O–H groups in total. The molecular weight excluding hydrogens is 408 g/mol. The lowest BCUT2D eigenvalue weighted by Gasteiger charge is -2.45. The number of halogens is 1. The van der Waals surface area contributed by atoms with Gasteiger partial charge in [0.05, 0.1) is 12.2 Å². The zero-order chi connectivity index (χ0) is 20.6. The van der Waals surface area contributed by atoms with Crippen LogP contribution >= 0.6 is 12.4 Å². The van der Waals surface area contributed by atoms with E-state index in [0.717, 1.165) is 36.9 Å². The van der Waals surface area contributed by atoms with Gasteiger partial charge in [-0.15, -0.1) is 12.4 Å². The van der Waals surface area contributed by atoms with Crippen molar-refractivity contribution in [2.24, 2.45) is 0 Å². The van der Waals surface area contributed by atoms with Gasteiger partial charge in [0.2, 0.25) is 0 Å². The van der Waals surface area contributed by atoms with Crippen LogP contribution in [0, 0.1) is 13.8 Å². The molecule has 2 aliphatic rings. The Labute approximate surface area is 182 Å². The minimum atomic E-state index is -0.636. The number of amides is 1. The van der Waals surface area contributed by atoms with Crippen molar-refractivity contribution in [2.45, 2.75) is 45.3 Å². The van der Waals surface area contributed by atoms with Crippen LogP contribution in [0.1, 0.15) is 30.9 Å². The summed E-state index contributed by atoms with van der Waals surface area (Å²) in [6.45, 7) is 8.97. The number of fused-ring (bicyclic) bond motifs is 1. The molecule has 1 aromatic carbocycles. The lowest BCUT2D eigenvalue weighted by molar-refractivity contribution is -0.160. The van der Waals surface area contributed by atoms with Gasteiger partial charge in [-0.05, 0) is 64.4 Å². The first-order valence-corrected chi connectivity index (χ1v) is 10.2. The van der Waals surface area contributed by atoms with Gasteiger partial charge in [0.15, 0.2) is 6.10 Å². The molecule has 1 aromatic heterocycles. The Morgan fingerprint density at radius 1 is 1.23 bits per heavy atom. The molecule has 0 radical (unpaired) electrons. The van der Waals surface area contributed by atoms with E-state index < -0.39 is 6.10 Å². The van der Waals surface area contributed by atoms with E-state index >= 15 is 0 Å². The molecule has 1 spiro atoms. The molecule has 164 valence electrons. The molecule has 2 saturated heterocycles. The summed E-state index contributed by atoms with van der Waals surface area (Å²) in [4.78, 5) is 26.8. The molecule has 0 bridgehead atoms. The van der Waals surface area contributed by atoms with E-state index in [1.807, 2.05) is 24.0 Å². The van der Waals surface area contributed by atoms with E-state index in [1.165, 1.54) is 0 Å². The third kappa shape index (κ3) is 4.33. The van der Waals surface area contributed by atoms with Gasteiger partial charge in [-0.1, -0.05) is 0 Å². The molecule has 4 rings (SSSR count). The molecule has 0 saturated carbocycles. The molecule has 0 aliphatic carbocycles. The highest BCUT2D eigenvalue weighted by Crippen LogP contribution is 2.29. The van der Waals surface area contributed by atoms with Crippen LogP contribution in [0.3, 0.4) is 0 Å². The third-order valence-corrected chi connectivity index (χ3v) is 6.16. The Hall–Kier alpha value is -2.09. The normalized spacial score (nSPS) is 19.4. The third-order valence-electron chi connectivity index (χ3n) is 6.16. The highest BCUT2D eigenvalue weighted by atomic mass is 35.5. The second kappa shape index (κ2) is 8.96. The molecule has 1 atom stereocenters. The molecule has 30 heavy (non-hydrogen) atoms. The number of rotatable bonds is 3. The molecule has 2 aliphatic heterocycles. The number of nitrogens with one attached hydrogen (secondary N) is 1. The van der Waals surface area contributed by atoms with Crippen molar-refractivity contribution in [3.8, 4) is 5.75 Å². The summed E-state index contributed by atoms with van der Waals surface area (Å²) >= 11 is 0. The fraction of sp³-hybridized carbons (Fsp3) is 0.545. The van der Waals surface area contributed by atoms with Crippen LogP contribution in [0.4, 0.5) is 0 Å². The second-order valence-electron chi connectivity index (χ2n) is 8.10. The van der Waals surface area contributed by atoms with Crippen LogP contribution in [0.25, 0.3) is 11.0 Å². The van der Waals surface area contributed by atoms with Gasteiger partial charge in [-0.3, -0.25) is 4.79 Å². The molecular formula is C22H29ClN2O5. The Kier molecular flexibility index (Phi) is 6.75. The van der Waals surface area contributed by atoms with Crippen molar-refractivity contribution >= 4 is 29.3 Å². The van der Waals surface area contributed by atoms with Gasteiger partial charge in [-0.25, -0.2) is 4.79 Å². The number of ether oxygens (including phenoxy) is 2. The minimum absolute atomic E-state index is 0. The number of aryl methyl sites for hydroxylation is 1. The highest BCUT2D eigenvalue weighted by molar-refractivity contribution is 5.85. The summed E-state index contributed by atoms with van der Waals surface area (Å²) in [5.74, 6) is 0.461. The van der Waals surface area contributed by atoms with Crippen molar-refractivity contribution in [3.05, 3.63) is 39.7 Å². The average Bonchev–Trinajstić information content (AvgIpc) is 2.72. The largest absolute Gasteiger partial charge is 0.481 e. The van der Waals surface area contributed by atoms with Gasteiger partial charge in [0.25, 0.3) is 5.91 Å². The summed E-state index contributed by atoms with van der Waals surface area (Å²) in [6.07, 6.45) is 1.19. The van der Waals surface area contributed by atoms with Gasteiger partial charge >= 0.3 is 5.63 Å². The molecule has 2 fully saturated rings. The van der Waals surface area contributed by atoms with Crippen LogP contribution in [-0.2, 0) is 9.53 Å². The number of hydrogen-bond donors (Lipinski definition) is 1. The van der Waals surface area contributed by atoms with Crippen molar-refractivity contribution in [3.63, 3.8) is 0 Å². The van der Waals surface area contributed by atoms with Crippen LogP contribution in [0.5, 0.6) is 5.75 Å². The summed E-state index contributed by atoms with van der Waals surface area (Å²) in [5.41, 5.74) is 1.38.